The van der Waals surface area contributed by atoms with E-state index in [2.05, 4.69) is 132 Å². The van der Waals surface area contributed by atoms with Crippen molar-refractivity contribution in [3.05, 3.63) is 151 Å². The molecule has 0 aromatic heterocycles. The number of hydrogen-bond acceptors (Lipinski definition) is 1. The molecule has 0 N–H and O–H groups in total. The Hall–Kier alpha value is -4.33. The quantitative estimate of drug-likeness (QED) is 0.236. The summed E-state index contributed by atoms with van der Waals surface area (Å²) in [5.74, 6) is 0. The number of anilines is 3. The Morgan fingerprint density at radius 1 is 0.361 bits per heavy atom. The second kappa shape index (κ2) is 9.73. The molecule has 0 heterocycles. The zero-order valence-corrected chi connectivity index (χ0v) is 20.4. The first kappa shape index (κ1) is 22.2. The Bertz CT molecular complexity index is 1610. The lowest BCUT2D eigenvalue weighted by Gasteiger charge is -2.26. The standard InChI is InChI=1S/C34H24ClN/c35-31-18-13-28-11-12-29(23-30(28)24-31)27-16-21-34(22-17-27)36(32-9-5-2-6-10-32)33-19-14-26(15-20-33)25-7-3-1-4-8-25/h1-24H. The monoisotopic (exact) mass is 481 g/mol. The number of fused-ring (bicyclic) bond motifs is 1. The Balaban J connectivity index is 1.36. The topological polar surface area (TPSA) is 3.24 Å². The Morgan fingerprint density at radius 2 is 0.833 bits per heavy atom. The molecule has 1 nitrogen and oxygen atoms in total. The summed E-state index contributed by atoms with van der Waals surface area (Å²) in [6, 6.07) is 51.0. The largest absolute Gasteiger partial charge is 0.311 e. The van der Waals surface area contributed by atoms with E-state index in [0.29, 0.717) is 0 Å². The average molecular weight is 482 g/mol. The predicted octanol–water partition coefficient (Wildman–Crippen LogP) is 10.3. The molecule has 172 valence electrons. The number of para-hydroxylation sites is 1. The molecule has 0 amide bonds. The maximum Gasteiger partial charge on any atom is 0.0462 e. The minimum atomic E-state index is 0.756. The van der Waals surface area contributed by atoms with Gasteiger partial charge in [0, 0.05) is 22.1 Å². The fraction of sp³-hybridized carbons (Fsp3) is 0. The summed E-state index contributed by atoms with van der Waals surface area (Å²) < 4.78 is 0. The SMILES string of the molecule is Clc1ccc2ccc(-c3ccc(N(c4ccccc4)c4ccc(-c5ccccc5)cc4)cc3)cc2c1. The van der Waals surface area contributed by atoms with Gasteiger partial charge in [0.2, 0.25) is 0 Å². The third kappa shape index (κ3) is 4.49. The summed E-state index contributed by atoms with van der Waals surface area (Å²) in [6.07, 6.45) is 0. The average Bonchev–Trinajstić information content (AvgIpc) is 2.95. The zero-order valence-electron chi connectivity index (χ0n) is 19.7. The summed E-state index contributed by atoms with van der Waals surface area (Å²) in [5.41, 5.74) is 8.13. The molecule has 0 unspecified atom stereocenters. The molecule has 6 aromatic carbocycles. The van der Waals surface area contributed by atoms with Crippen molar-refractivity contribution < 1.29 is 0 Å². The van der Waals surface area contributed by atoms with Crippen molar-refractivity contribution in [1.29, 1.82) is 0 Å². The molecule has 0 radical (unpaired) electrons. The van der Waals surface area contributed by atoms with Crippen molar-refractivity contribution in [2.45, 2.75) is 0 Å². The Kier molecular flexibility index (Phi) is 5.99. The molecule has 0 aliphatic rings. The first-order valence-electron chi connectivity index (χ1n) is 12.0. The van der Waals surface area contributed by atoms with Gasteiger partial charge in [-0.3, -0.25) is 0 Å². The van der Waals surface area contributed by atoms with Gasteiger partial charge in [0.1, 0.15) is 0 Å². The van der Waals surface area contributed by atoms with Crippen LogP contribution in [0.5, 0.6) is 0 Å². The first-order chi connectivity index (χ1) is 17.7. The second-order valence-electron chi connectivity index (χ2n) is 8.84. The molecule has 6 aromatic rings. The summed E-state index contributed by atoms with van der Waals surface area (Å²) in [7, 11) is 0. The third-order valence-corrected chi connectivity index (χ3v) is 6.74. The molecule has 0 spiro atoms. The van der Waals surface area contributed by atoms with E-state index in [1.807, 2.05) is 18.2 Å². The van der Waals surface area contributed by atoms with Crippen molar-refractivity contribution >= 4 is 39.4 Å². The van der Waals surface area contributed by atoms with Crippen LogP contribution in [0.2, 0.25) is 5.02 Å². The van der Waals surface area contributed by atoms with Crippen molar-refractivity contribution in [2.75, 3.05) is 4.90 Å². The molecule has 0 aliphatic heterocycles. The summed E-state index contributed by atoms with van der Waals surface area (Å²) in [4.78, 5) is 2.29. The van der Waals surface area contributed by atoms with Crippen LogP contribution in [0.25, 0.3) is 33.0 Å². The smallest absolute Gasteiger partial charge is 0.0462 e. The highest BCUT2D eigenvalue weighted by Gasteiger charge is 2.13. The van der Waals surface area contributed by atoms with Crippen LogP contribution in [0.3, 0.4) is 0 Å². The van der Waals surface area contributed by atoms with Crippen molar-refractivity contribution in [2.24, 2.45) is 0 Å². The van der Waals surface area contributed by atoms with Gasteiger partial charge in [0.05, 0.1) is 0 Å². The van der Waals surface area contributed by atoms with Crippen LogP contribution in [0, 0.1) is 0 Å². The maximum atomic E-state index is 6.23. The van der Waals surface area contributed by atoms with Crippen LogP contribution in [0.1, 0.15) is 0 Å². The van der Waals surface area contributed by atoms with Gasteiger partial charge in [-0.25, -0.2) is 0 Å². The highest BCUT2D eigenvalue weighted by molar-refractivity contribution is 6.31. The molecule has 6 rings (SSSR count). The fourth-order valence-electron chi connectivity index (χ4n) is 4.66. The molecule has 0 fully saturated rings. The van der Waals surface area contributed by atoms with Crippen molar-refractivity contribution in [3.8, 4) is 22.3 Å². The molecular formula is C34H24ClN. The van der Waals surface area contributed by atoms with Gasteiger partial charge in [0.15, 0.2) is 0 Å². The molecule has 0 saturated carbocycles. The van der Waals surface area contributed by atoms with E-state index in [9.17, 15) is 0 Å². The van der Waals surface area contributed by atoms with Gasteiger partial charge in [-0.05, 0) is 87.6 Å². The van der Waals surface area contributed by atoms with E-state index in [1.165, 1.54) is 27.6 Å². The van der Waals surface area contributed by atoms with Crippen molar-refractivity contribution in [3.63, 3.8) is 0 Å². The second-order valence-corrected chi connectivity index (χ2v) is 9.27. The molecule has 0 aliphatic carbocycles. The lowest BCUT2D eigenvalue weighted by atomic mass is 10.0. The zero-order chi connectivity index (χ0) is 24.3. The van der Waals surface area contributed by atoms with Gasteiger partial charge < -0.3 is 4.90 Å². The van der Waals surface area contributed by atoms with Crippen LogP contribution in [0.15, 0.2) is 146 Å². The minimum Gasteiger partial charge on any atom is -0.311 e. The van der Waals surface area contributed by atoms with Gasteiger partial charge >= 0.3 is 0 Å². The van der Waals surface area contributed by atoms with Gasteiger partial charge in [-0.1, -0.05) is 103 Å². The van der Waals surface area contributed by atoms with E-state index in [4.69, 9.17) is 11.6 Å². The number of nitrogens with zero attached hydrogens (tertiary/aromatic N) is 1. The van der Waals surface area contributed by atoms with Crippen molar-refractivity contribution in [1.82, 2.24) is 0 Å². The third-order valence-electron chi connectivity index (χ3n) is 6.51. The summed E-state index contributed by atoms with van der Waals surface area (Å²) >= 11 is 6.23. The van der Waals surface area contributed by atoms with Crippen LogP contribution in [-0.4, -0.2) is 0 Å². The van der Waals surface area contributed by atoms with Gasteiger partial charge in [0.25, 0.3) is 0 Å². The van der Waals surface area contributed by atoms with E-state index in [0.717, 1.165) is 27.5 Å². The number of hydrogen-bond donors (Lipinski definition) is 0. The van der Waals surface area contributed by atoms with Crippen LogP contribution in [-0.2, 0) is 0 Å². The Labute approximate surface area is 216 Å². The molecule has 0 atom stereocenters. The number of benzene rings is 6. The minimum absolute atomic E-state index is 0.756. The highest BCUT2D eigenvalue weighted by Crippen LogP contribution is 2.37. The Morgan fingerprint density at radius 3 is 1.47 bits per heavy atom. The van der Waals surface area contributed by atoms with Gasteiger partial charge in [-0.15, -0.1) is 0 Å². The summed E-state index contributed by atoms with van der Waals surface area (Å²) in [5, 5.41) is 3.09. The molecule has 0 saturated heterocycles. The van der Waals surface area contributed by atoms with E-state index in [-0.39, 0.29) is 0 Å². The highest BCUT2D eigenvalue weighted by atomic mass is 35.5. The molecule has 0 bridgehead atoms. The summed E-state index contributed by atoms with van der Waals surface area (Å²) in [6.45, 7) is 0. The molecule has 36 heavy (non-hydrogen) atoms. The lowest BCUT2D eigenvalue weighted by molar-refractivity contribution is 1.28. The maximum absolute atomic E-state index is 6.23. The molecule has 2 heteroatoms. The number of halogens is 1. The molecular weight excluding hydrogens is 458 g/mol. The van der Waals surface area contributed by atoms with E-state index in [1.54, 1.807) is 0 Å². The van der Waals surface area contributed by atoms with Crippen LogP contribution < -0.4 is 4.90 Å². The normalized spacial score (nSPS) is 10.9. The fourth-order valence-corrected chi connectivity index (χ4v) is 4.84. The van der Waals surface area contributed by atoms with E-state index >= 15 is 0 Å². The first-order valence-corrected chi connectivity index (χ1v) is 12.4. The van der Waals surface area contributed by atoms with Crippen LogP contribution >= 0.6 is 11.6 Å². The van der Waals surface area contributed by atoms with Gasteiger partial charge in [-0.2, -0.15) is 0 Å². The van der Waals surface area contributed by atoms with E-state index < -0.39 is 0 Å². The lowest BCUT2D eigenvalue weighted by Crippen LogP contribution is -2.09. The predicted molar refractivity (Wildman–Crippen MR) is 155 cm³/mol. The van der Waals surface area contributed by atoms with Crippen LogP contribution in [0.4, 0.5) is 17.1 Å². The number of rotatable bonds is 5.